The molecule has 1 fully saturated rings. The van der Waals surface area contributed by atoms with Crippen LogP contribution in [0.4, 0.5) is 10.5 Å². The molecular formula is C15H24N4O3S2. The van der Waals surface area contributed by atoms with Crippen molar-refractivity contribution >= 4 is 33.3 Å². The standard InChI is InChI=1S/C15H24N4O3S2/c1-10-14(11(2)19-18-10)23-13-7-5-4-6-12(13)17-15(20)16-8-9-24(3,21)22/h4-7,10-11,14,18-19H,8-9H2,1-3H3,(H2,16,17,20). The van der Waals surface area contributed by atoms with E-state index < -0.39 is 15.9 Å². The Labute approximate surface area is 147 Å². The minimum absolute atomic E-state index is 0.0781. The first-order chi connectivity index (χ1) is 11.3. The maximum atomic E-state index is 12.0. The van der Waals surface area contributed by atoms with Crippen molar-refractivity contribution in [2.24, 2.45) is 0 Å². The van der Waals surface area contributed by atoms with Gasteiger partial charge in [0.1, 0.15) is 9.84 Å². The molecule has 2 unspecified atom stereocenters. The second-order valence-corrected chi connectivity index (χ2v) is 9.44. The van der Waals surface area contributed by atoms with Crippen LogP contribution in [0.2, 0.25) is 0 Å². The number of sulfone groups is 1. The Bertz CT molecular complexity index is 671. The van der Waals surface area contributed by atoms with Crippen LogP contribution in [0.25, 0.3) is 0 Å². The summed E-state index contributed by atoms with van der Waals surface area (Å²) >= 11 is 1.70. The maximum Gasteiger partial charge on any atom is 0.319 e. The number of anilines is 1. The lowest BCUT2D eigenvalue weighted by Gasteiger charge is -2.19. The molecule has 1 aliphatic rings. The molecule has 1 saturated heterocycles. The van der Waals surface area contributed by atoms with Crippen LogP contribution >= 0.6 is 11.8 Å². The summed E-state index contributed by atoms with van der Waals surface area (Å²) < 4.78 is 22.2. The van der Waals surface area contributed by atoms with Crippen LogP contribution in [-0.4, -0.2) is 50.3 Å². The molecule has 24 heavy (non-hydrogen) atoms. The van der Waals surface area contributed by atoms with Crippen LogP contribution in [0.3, 0.4) is 0 Å². The molecule has 134 valence electrons. The Kier molecular flexibility index (Phi) is 6.50. The number of nitrogens with one attached hydrogen (secondary N) is 4. The molecule has 0 aliphatic carbocycles. The SMILES string of the molecule is CC1NNC(C)C1Sc1ccccc1NC(=O)NCCS(C)(=O)=O. The van der Waals surface area contributed by atoms with Crippen molar-refractivity contribution in [3.63, 3.8) is 0 Å². The van der Waals surface area contributed by atoms with E-state index in [0.29, 0.717) is 23.0 Å². The lowest BCUT2D eigenvalue weighted by atomic mass is 10.2. The maximum absolute atomic E-state index is 12.0. The van der Waals surface area contributed by atoms with E-state index in [1.165, 1.54) is 0 Å². The van der Waals surface area contributed by atoms with Crippen molar-refractivity contribution in [2.45, 2.75) is 36.1 Å². The minimum Gasteiger partial charge on any atom is -0.337 e. The second kappa shape index (κ2) is 8.19. The van der Waals surface area contributed by atoms with E-state index in [-0.39, 0.29) is 12.3 Å². The van der Waals surface area contributed by atoms with Crippen molar-refractivity contribution in [1.29, 1.82) is 0 Å². The first-order valence-electron chi connectivity index (χ1n) is 7.75. The molecule has 1 aliphatic heterocycles. The average Bonchev–Trinajstić information content (AvgIpc) is 2.79. The zero-order valence-corrected chi connectivity index (χ0v) is 15.6. The van der Waals surface area contributed by atoms with Gasteiger partial charge in [-0.05, 0) is 26.0 Å². The molecule has 2 amide bonds. The normalized spacial score (nSPS) is 23.9. The third-order valence-corrected chi connectivity index (χ3v) is 6.33. The molecule has 0 bridgehead atoms. The molecule has 9 heteroatoms. The molecule has 2 rings (SSSR count). The highest BCUT2D eigenvalue weighted by atomic mass is 32.2. The number of hydrogen-bond acceptors (Lipinski definition) is 6. The van der Waals surface area contributed by atoms with Gasteiger partial charge in [0.2, 0.25) is 0 Å². The summed E-state index contributed by atoms with van der Waals surface area (Å²) in [5.74, 6) is -0.0781. The number of thioether (sulfide) groups is 1. The molecule has 2 atom stereocenters. The molecule has 0 aromatic heterocycles. The Morgan fingerprint density at radius 1 is 1.21 bits per heavy atom. The third kappa shape index (κ3) is 5.66. The molecule has 1 aromatic rings. The molecule has 0 spiro atoms. The van der Waals surface area contributed by atoms with Gasteiger partial charge in [0.05, 0.1) is 11.4 Å². The fourth-order valence-electron chi connectivity index (χ4n) is 2.40. The smallest absolute Gasteiger partial charge is 0.319 e. The Hall–Kier alpha value is -1.29. The van der Waals surface area contributed by atoms with Gasteiger partial charge >= 0.3 is 6.03 Å². The number of carbonyl (C=O) groups excluding carboxylic acids is 1. The third-order valence-electron chi connectivity index (χ3n) is 3.68. The Morgan fingerprint density at radius 3 is 2.46 bits per heavy atom. The molecule has 4 N–H and O–H groups in total. The summed E-state index contributed by atoms with van der Waals surface area (Å²) in [7, 11) is -3.09. The van der Waals surface area contributed by atoms with E-state index >= 15 is 0 Å². The van der Waals surface area contributed by atoms with Crippen LogP contribution in [0.1, 0.15) is 13.8 Å². The number of hydrogen-bond donors (Lipinski definition) is 4. The first kappa shape index (κ1) is 19.0. The number of hydrazine groups is 1. The van der Waals surface area contributed by atoms with Crippen LogP contribution in [0, 0.1) is 0 Å². The molecule has 0 radical (unpaired) electrons. The van der Waals surface area contributed by atoms with Crippen molar-refractivity contribution < 1.29 is 13.2 Å². The number of para-hydroxylation sites is 1. The highest BCUT2D eigenvalue weighted by Crippen LogP contribution is 2.34. The molecule has 0 saturated carbocycles. The van der Waals surface area contributed by atoms with Gasteiger partial charge in [0.25, 0.3) is 0 Å². The molecule has 1 aromatic carbocycles. The predicted octanol–water partition coefficient (Wildman–Crippen LogP) is 1.20. The van der Waals surface area contributed by atoms with Crippen molar-refractivity contribution in [1.82, 2.24) is 16.2 Å². The fraction of sp³-hybridized carbons (Fsp3) is 0.533. The van der Waals surface area contributed by atoms with Gasteiger partial charge in [0, 0.05) is 35.0 Å². The Morgan fingerprint density at radius 2 is 1.83 bits per heavy atom. The largest absolute Gasteiger partial charge is 0.337 e. The van der Waals surface area contributed by atoms with Gasteiger partial charge in [-0.3, -0.25) is 10.9 Å². The van der Waals surface area contributed by atoms with E-state index in [2.05, 4.69) is 35.3 Å². The van der Waals surface area contributed by atoms with Gasteiger partial charge < -0.3 is 10.6 Å². The molecular weight excluding hydrogens is 348 g/mol. The lowest BCUT2D eigenvalue weighted by Crippen LogP contribution is -2.33. The summed E-state index contributed by atoms with van der Waals surface area (Å²) in [6, 6.07) is 7.80. The topological polar surface area (TPSA) is 99.3 Å². The predicted molar refractivity (Wildman–Crippen MR) is 98.0 cm³/mol. The monoisotopic (exact) mass is 372 g/mol. The van der Waals surface area contributed by atoms with Crippen LogP contribution in [0.5, 0.6) is 0 Å². The second-order valence-electron chi connectivity index (χ2n) is 5.96. The van der Waals surface area contributed by atoms with Crippen LogP contribution in [0.15, 0.2) is 29.2 Å². The minimum atomic E-state index is -3.09. The highest BCUT2D eigenvalue weighted by molar-refractivity contribution is 8.00. The number of rotatable bonds is 6. The summed E-state index contributed by atoms with van der Waals surface area (Å²) in [6.07, 6.45) is 1.14. The van der Waals surface area contributed by atoms with Crippen molar-refractivity contribution in [3.05, 3.63) is 24.3 Å². The quantitative estimate of drug-likeness (QED) is 0.599. The van der Waals surface area contributed by atoms with Crippen molar-refractivity contribution in [3.8, 4) is 0 Å². The average molecular weight is 373 g/mol. The highest BCUT2D eigenvalue weighted by Gasteiger charge is 2.31. The number of benzene rings is 1. The molecule has 1 heterocycles. The van der Waals surface area contributed by atoms with E-state index in [4.69, 9.17) is 0 Å². The Balaban J connectivity index is 1.97. The summed E-state index contributed by atoms with van der Waals surface area (Å²) in [4.78, 5) is 12.9. The summed E-state index contributed by atoms with van der Waals surface area (Å²) in [6.45, 7) is 4.31. The molecule has 7 nitrogen and oxygen atoms in total. The van der Waals surface area contributed by atoms with Gasteiger partial charge in [0.15, 0.2) is 0 Å². The number of carbonyl (C=O) groups is 1. The van der Waals surface area contributed by atoms with E-state index in [9.17, 15) is 13.2 Å². The summed E-state index contributed by atoms with van der Waals surface area (Å²) in [5.41, 5.74) is 7.14. The van der Waals surface area contributed by atoms with Crippen molar-refractivity contribution in [2.75, 3.05) is 23.9 Å². The summed E-state index contributed by atoms with van der Waals surface area (Å²) in [5, 5.41) is 5.69. The van der Waals surface area contributed by atoms with E-state index in [1.54, 1.807) is 11.8 Å². The zero-order valence-electron chi connectivity index (χ0n) is 14.0. The van der Waals surface area contributed by atoms with Crippen LogP contribution in [-0.2, 0) is 9.84 Å². The number of urea groups is 1. The van der Waals surface area contributed by atoms with Gasteiger partial charge in [-0.2, -0.15) is 0 Å². The van der Waals surface area contributed by atoms with Gasteiger partial charge in [-0.15, -0.1) is 11.8 Å². The van der Waals surface area contributed by atoms with Crippen LogP contribution < -0.4 is 21.5 Å². The first-order valence-corrected chi connectivity index (χ1v) is 10.7. The van der Waals surface area contributed by atoms with E-state index in [1.807, 2.05) is 24.3 Å². The lowest BCUT2D eigenvalue weighted by molar-refractivity contribution is 0.252. The fourth-order valence-corrected chi connectivity index (χ4v) is 4.11. The number of amides is 2. The van der Waals surface area contributed by atoms with Gasteiger partial charge in [-0.1, -0.05) is 12.1 Å². The zero-order chi connectivity index (χ0) is 17.7. The van der Waals surface area contributed by atoms with E-state index in [0.717, 1.165) is 11.2 Å². The van der Waals surface area contributed by atoms with Gasteiger partial charge in [-0.25, -0.2) is 13.2 Å².